The van der Waals surface area contributed by atoms with Crippen LogP contribution >= 0.6 is 0 Å². The predicted octanol–water partition coefficient (Wildman–Crippen LogP) is 17.0. The second kappa shape index (κ2) is 14.8. The molecule has 1 aromatic heterocycles. The molecule has 0 aliphatic heterocycles. The van der Waals surface area contributed by atoms with Crippen molar-refractivity contribution in [2.24, 2.45) is 0 Å². The molecule has 2 heteroatoms. The molecule has 2 nitrogen and oxygen atoms in total. The molecule has 70 heavy (non-hydrogen) atoms. The lowest BCUT2D eigenvalue weighted by atomic mass is 9.52. The van der Waals surface area contributed by atoms with E-state index in [1.807, 2.05) is 0 Å². The zero-order valence-electron chi connectivity index (χ0n) is 38.3. The molecule has 0 radical (unpaired) electrons. The first-order valence-electron chi connectivity index (χ1n) is 24.4. The number of nitrogens with zero attached hydrogens (tertiary/aromatic N) is 2. The summed E-state index contributed by atoms with van der Waals surface area (Å²) in [5.41, 5.74) is 23.6. The Labute approximate surface area is 407 Å². The fraction of sp³-hybridized carbons (Fsp3) is 0.0294. The Morgan fingerprint density at radius 1 is 0.271 bits per heavy atom. The Bertz CT molecular complexity index is 3920. The van der Waals surface area contributed by atoms with Crippen molar-refractivity contribution in [1.29, 1.82) is 0 Å². The van der Waals surface area contributed by atoms with E-state index in [0.29, 0.717) is 0 Å². The van der Waals surface area contributed by atoms with Crippen LogP contribution in [0.1, 0.15) is 44.5 Å². The molecule has 0 saturated heterocycles. The molecule has 0 bridgehead atoms. The smallest absolute Gasteiger partial charge is 0.0740 e. The fourth-order valence-corrected chi connectivity index (χ4v) is 13.3. The van der Waals surface area contributed by atoms with E-state index < -0.39 is 10.8 Å². The van der Waals surface area contributed by atoms with Crippen LogP contribution in [0.15, 0.2) is 267 Å². The number of aromatic nitrogens is 1. The van der Waals surface area contributed by atoms with Gasteiger partial charge in [-0.2, -0.15) is 0 Å². The first-order valence-corrected chi connectivity index (χ1v) is 24.4. The number of rotatable bonds is 5. The maximum Gasteiger partial charge on any atom is 0.0740 e. The highest BCUT2D eigenvalue weighted by molar-refractivity contribution is 6.09. The van der Waals surface area contributed by atoms with Gasteiger partial charge in [-0.3, -0.25) is 0 Å². The Kier molecular flexibility index (Phi) is 8.24. The van der Waals surface area contributed by atoms with E-state index in [1.54, 1.807) is 0 Å². The second-order valence-corrected chi connectivity index (χ2v) is 19.1. The van der Waals surface area contributed by atoms with Gasteiger partial charge in [0.05, 0.1) is 27.6 Å². The molecule has 0 atom stereocenters. The summed E-state index contributed by atoms with van der Waals surface area (Å²) in [5.74, 6) is 0. The summed E-state index contributed by atoms with van der Waals surface area (Å²) in [5, 5.41) is 2.51. The van der Waals surface area contributed by atoms with Crippen molar-refractivity contribution in [2.75, 3.05) is 4.90 Å². The van der Waals surface area contributed by atoms with Gasteiger partial charge in [0.15, 0.2) is 0 Å². The third-order valence-electron chi connectivity index (χ3n) is 15.9. The van der Waals surface area contributed by atoms with E-state index in [2.05, 4.69) is 276 Å². The Balaban J connectivity index is 1.06. The molecule has 2 spiro atoms. The lowest BCUT2D eigenvalue weighted by Crippen LogP contribution is -2.44. The van der Waals surface area contributed by atoms with Crippen molar-refractivity contribution in [3.63, 3.8) is 0 Å². The van der Waals surface area contributed by atoms with Crippen LogP contribution in [0.5, 0.6) is 0 Å². The van der Waals surface area contributed by atoms with Crippen molar-refractivity contribution < 1.29 is 0 Å². The van der Waals surface area contributed by atoms with E-state index in [-0.39, 0.29) is 0 Å². The molecular formula is C68H44N2. The highest BCUT2D eigenvalue weighted by atomic mass is 15.1. The maximum absolute atomic E-state index is 2.54. The highest BCUT2D eigenvalue weighted by Crippen LogP contribution is 2.69. The van der Waals surface area contributed by atoms with E-state index in [9.17, 15) is 0 Å². The van der Waals surface area contributed by atoms with Gasteiger partial charge < -0.3 is 9.47 Å². The van der Waals surface area contributed by atoms with E-state index in [1.165, 1.54) is 99.7 Å². The molecule has 0 amide bonds. The largest absolute Gasteiger partial charge is 0.310 e. The fourth-order valence-electron chi connectivity index (χ4n) is 13.3. The van der Waals surface area contributed by atoms with E-state index in [0.717, 1.165) is 22.7 Å². The summed E-state index contributed by atoms with van der Waals surface area (Å²) in [4.78, 5) is 2.54. The van der Waals surface area contributed by atoms with Crippen LogP contribution in [0.4, 0.5) is 17.1 Å². The van der Waals surface area contributed by atoms with Gasteiger partial charge in [-0.1, -0.05) is 212 Å². The van der Waals surface area contributed by atoms with Gasteiger partial charge in [-0.05, 0) is 127 Å². The highest BCUT2D eigenvalue weighted by Gasteiger charge is 2.60. The third-order valence-corrected chi connectivity index (χ3v) is 15.9. The van der Waals surface area contributed by atoms with Crippen LogP contribution in [-0.4, -0.2) is 4.57 Å². The lowest BCUT2D eigenvalue weighted by Gasteiger charge is -2.50. The van der Waals surface area contributed by atoms with E-state index in [4.69, 9.17) is 0 Å². The number of hydrogen-bond donors (Lipinski definition) is 0. The normalized spacial score (nSPS) is 13.9. The van der Waals surface area contributed by atoms with E-state index >= 15 is 0 Å². The molecule has 0 saturated carbocycles. The van der Waals surface area contributed by atoms with Crippen LogP contribution in [0.3, 0.4) is 0 Å². The van der Waals surface area contributed by atoms with Crippen LogP contribution < -0.4 is 4.90 Å². The number of hydrogen-bond acceptors (Lipinski definition) is 1. The number of anilines is 3. The summed E-state index contributed by atoms with van der Waals surface area (Å²) in [6, 6.07) is 100. The first kappa shape index (κ1) is 39.1. The topological polar surface area (TPSA) is 8.17 Å². The molecule has 1 heterocycles. The van der Waals surface area contributed by atoms with Crippen LogP contribution in [0.25, 0.3) is 60.9 Å². The summed E-state index contributed by atoms with van der Waals surface area (Å²) >= 11 is 0. The Morgan fingerprint density at radius 3 is 1.19 bits per heavy atom. The summed E-state index contributed by atoms with van der Waals surface area (Å²) < 4.78 is 2.41. The molecule has 12 aromatic rings. The molecular weight excluding hydrogens is 845 g/mol. The van der Waals surface area contributed by atoms with Crippen LogP contribution in [0, 0.1) is 0 Å². The van der Waals surface area contributed by atoms with Crippen molar-refractivity contribution in [3.8, 4) is 39.1 Å². The average molecular weight is 889 g/mol. The van der Waals surface area contributed by atoms with Crippen molar-refractivity contribution in [3.05, 3.63) is 311 Å². The third kappa shape index (κ3) is 5.07. The standard InChI is InChI=1S/C68H44N2/c1-2-19-45(20-3-1)46-37-39-47(40-38-46)69(48-41-43-49(44-42-48)70-63-34-16-8-25-54(63)55-26-9-17-35-64(55)70)65-36-18-33-62-66(65)68(58-29-12-6-23-52(58)53-24-7-13-30-59(53)68)61-32-15-14-31-60(61)67(62)56-27-10-4-21-50(56)51-22-5-11-28-57(51)67/h1-44H. The Hall–Kier alpha value is -8.98. The Morgan fingerprint density at radius 2 is 0.657 bits per heavy atom. The van der Waals surface area contributed by atoms with Gasteiger partial charge in [0.1, 0.15) is 0 Å². The number of benzene rings is 11. The van der Waals surface area contributed by atoms with Crippen molar-refractivity contribution in [2.45, 2.75) is 10.8 Å². The summed E-state index contributed by atoms with van der Waals surface area (Å²) in [6.07, 6.45) is 0. The first-order chi connectivity index (χ1) is 34.8. The van der Waals surface area contributed by atoms with Gasteiger partial charge in [0.2, 0.25) is 0 Å². The summed E-state index contributed by atoms with van der Waals surface area (Å²) in [6.45, 7) is 0. The molecule has 3 aliphatic carbocycles. The van der Waals surface area contributed by atoms with Gasteiger partial charge in [0.25, 0.3) is 0 Å². The van der Waals surface area contributed by atoms with Gasteiger partial charge >= 0.3 is 0 Å². The average Bonchev–Trinajstić information content (AvgIpc) is 4.04. The van der Waals surface area contributed by atoms with Crippen molar-refractivity contribution in [1.82, 2.24) is 4.57 Å². The molecule has 3 aliphatic rings. The van der Waals surface area contributed by atoms with Crippen LogP contribution in [0.2, 0.25) is 0 Å². The van der Waals surface area contributed by atoms with Gasteiger partial charge in [-0.25, -0.2) is 0 Å². The SMILES string of the molecule is c1ccc(-c2ccc(N(c3ccc(-n4c5ccccc5c5ccccc54)cc3)c3cccc4c3C3(c5ccccc5-c5ccccc53)c3ccccc3C43c4ccccc4-c4ccccc43)cc2)cc1. The van der Waals surface area contributed by atoms with Crippen molar-refractivity contribution >= 4 is 38.9 Å². The minimum absolute atomic E-state index is 0.601. The monoisotopic (exact) mass is 888 g/mol. The maximum atomic E-state index is 2.54. The quantitative estimate of drug-likeness (QED) is 0.167. The minimum atomic E-state index is -0.668. The molecule has 11 aromatic carbocycles. The number of para-hydroxylation sites is 2. The minimum Gasteiger partial charge on any atom is -0.310 e. The summed E-state index contributed by atoms with van der Waals surface area (Å²) in [7, 11) is 0. The van der Waals surface area contributed by atoms with Gasteiger partial charge in [0, 0.05) is 33.4 Å². The predicted molar refractivity (Wildman–Crippen MR) is 289 cm³/mol. The molecule has 15 rings (SSSR count). The second-order valence-electron chi connectivity index (χ2n) is 19.1. The molecule has 0 N–H and O–H groups in total. The molecule has 0 fully saturated rings. The van der Waals surface area contributed by atoms with Crippen LogP contribution in [-0.2, 0) is 10.8 Å². The lowest BCUT2D eigenvalue weighted by molar-refractivity contribution is 0.633. The number of fused-ring (bicyclic) bond motifs is 19. The van der Waals surface area contributed by atoms with Gasteiger partial charge in [-0.15, -0.1) is 0 Å². The zero-order valence-corrected chi connectivity index (χ0v) is 38.3. The molecule has 0 unspecified atom stereocenters. The molecule has 326 valence electrons. The zero-order chi connectivity index (χ0) is 46.0.